The fourth-order valence-corrected chi connectivity index (χ4v) is 5.31. The summed E-state index contributed by atoms with van der Waals surface area (Å²) in [5, 5.41) is 31.2. The number of hydrazine groups is 2. The van der Waals surface area contributed by atoms with Gasteiger partial charge in [-0.1, -0.05) is 39.0 Å². The van der Waals surface area contributed by atoms with Crippen molar-refractivity contribution in [2.24, 2.45) is 5.41 Å². The molecule has 212 valence electrons. The number of aryl methyl sites for hydroxylation is 1. The molecule has 1 aliphatic carbocycles. The van der Waals surface area contributed by atoms with Crippen LogP contribution in [0.1, 0.15) is 69.0 Å². The molecule has 6 rings (SSSR count). The van der Waals surface area contributed by atoms with E-state index in [0.717, 1.165) is 51.8 Å². The van der Waals surface area contributed by atoms with Gasteiger partial charge in [-0.3, -0.25) is 15.0 Å². The first kappa shape index (κ1) is 27.3. The zero-order valence-corrected chi connectivity index (χ0v) is 24.6. The summed E-state index contributed by atoms with van der Waals surface area (Å²) in [5.41, 5.74) is 13.6. The summed E-state index contributed by atoms with van der Waals surface area (Å²) in [4.78, 5) is 9.29. The van der Waals surface area contributed by atoms with Crippen LogP contribution < -0.4 is 21.6 Å². The lowest BCUT2D eigenvalue weighted by Gasteiger charge is -2.24. The molecule has 4 aromatic rings. The van der Waals surface area contributed by atoms with Crippen molar-refractivity contribution in [1.29, 1.82) is 10.5 Å². The maximum Gasteiger partial charge on any atom is 0.103 e. The Labute approximate surface area is 246 Å². The van der Waals surface area contributed by atoms with E-state index in [9.17, 15) is 10.5 Å². The van der Waals surface area contributed by atoms with Crippen molar-refractivity contribution in [1.82, 2.24) is 25.9 Å². The Balaban J connectivity index is 1.49. The molecule has 0 amide bonds. The lowest BCUT2D eigenvalue weighted by molar-refractivity contribution is 0.190. The lowest BCUT2D eigenvalue weighted by atomic mass is 9.96. The van der Waals surface area contributed by atoms with E-state index in [-0.39, 0.29) is 17.0 Å². The molecule has 0 bridgehead atoms. The molecule has 1 saturated carbocycles. The quantitative estimate of drug-likeness (QED) is 0.211. The van der Waals surface area contributed by atoms with Crippen LogP contribution in [0.5, 0.6) is 0 Å². The molecule has 42 heavy (non-hydrogen) atoms. The number of hydrogen-bond acceptors (Lipinski definition) is 9. The minimum absolute atomic E-state index is 0.0141. The van der Waals surface area contributed by atoms with Crippen LogP contribution in [0, 0.1) is 35.0 Å². The minimum Gasteiger partial charge on any atom is -0.383 e. The van der Waals surface area contributed by atoms with Gasteiger partial charge in [0.2, 0.25) is 0 Å². The fraction of sp³-hybridized carbons (Fsp3) is 0.333. The maximum atomic E-state index is 10.1. The molecule has 9 nitrogen and oxygen atoms in total. The van der Waals surface area contributed by atoms with Gasteiger partial charge in [-0.2, -0.15) is 10.5 Å². The van der Waals surface area contributed by atoms with Gasteiger partial charge in [-0.25, -0.2) is 0 Å². The average Bonchev–Trinajstić information content (AvgIpc) is 3.51. The Kier molecular flexibility index (Phi) is 6.64. The molecule has 0 radical (unpaired) electrons. The Morgan fingerprint density at radius 1 is 1.07 bits per heavy atom. The molecule has 2 aromatic heterocycles. The van der Waals surface area contributed by atoms with Crippen molar-refractivity contribution < 1.29 is 0 Å². The standard InChI is InChI=1S/C33H35N9/c1-20-9-10-24-25(7-6-8-27(24)38-20)31(28-18-42(41-40-28)33(5)11-12-33)39-23-13-21(15-34)29-26(14-23)30(22(16-35)17-36-29)37-19-32(2,3)4/h6-10,13-14,17-18,31,39-41H,11-12,19H2,1-5H3,(H,36,37)/t31-/m0/s1. The largest absolute Gasteiger partial charge is 0.383 e. The first-order valence-corrected chi connectivity index (χ1v) is 14.2. The number of aromatic nitrogens is 2. The van der Waals surface area contributed by atoms with Gasteiger partial charge in [-0.15, -0.1) is 5.53 Å². The van der Waals surface area contributed by atoms with Gasteiger partial charge in [0.1, 0.15) is 12.1 Å². The summed E-state index contributed by atoms with van der Waals surface area (Å²) < 4.78 is 0. The van der Waals surface area contributed by atoms with Gasteiger partial charge >= 0.3 is 0 Å². The third-order valence-corrected chi connectivity index (χ3v) is 7.99. The number of nitrogens with zero attached hydrogens (tertiary/aromatic N) is 5. The Bertz CT molecular complexity index is 1820. The Morgan fingerprint density at radius 3 is 2.57 bits per heavy atom. The first-order valence-electron chi connectivity index (χ1n) is 14.2. The van der Waals surface area contributed by atoms with Gasteiger partial charge in [0.15, 0.2) is 0 Å². The molecular formula is C33H35N9. The summed E-state index contributed by atoms with van der Waals surface area (Å²) >= 11 is 0. The van der Waals surface area contributed by atoms with E-state index in [0.29, 0.717) is 28.9 Å². The first-order chi connectivity index (χ1) is 20.1. The highest BCUT2D eigenvalue weighted by Gasteiger charge is 2.44. The molecule has 0 spiro atoms. The Morgan fingerprint density at radius 2 is 1.86 bits per heavy atom. The van der Waals surface area contributed by atoms with Crippen LogP contribution in [0.25, 0.3) is 21.8 Å². The molecule has 9 heteroatoms. The zero-order valence-electron chi connectivity index (χ0n) is 24.6. The second-order valence-electron chi connectivity index (χ2n) is 12.7. The van der Waals surface area contributed by atoms with Crippen LogP contribution >= 0.6 is 0 Å². The molecule has 3 heterocycles. The van der Waals surface area contributed by atoms with Crippen LogP contribution in [-0.2, 0) is 0 Å². The van der Waals surface area contributed by atoms with Crippen LogP contribution in [0.15, 0.2) is 60.6 Å². The second kappa shape index (κ2) is 10.2. The summed E-state index contributed by atoms with van der Waals surface area (Å²) in [5.74, 6) is 0. The molecule has 0 saturated heterocycles. The van der Waals surface area contributed by atoms with Gasteiger partial charge in [0.25, 0.3) is 0 Å². The van der Waals surface area contributed by atoms with E-state index in [1.54, 1.807) is 6.20 Å². The van der Waals surface area contributed by atoms with E-state index in [4.69, 9.17) is 4.98 Å². The van der Waals surface area contributed by atoms with Crippen LogP contribution in [0.3, 0.4) is 0 Å². The highest BCUT2D eigenvalue weighted by molar-refractivity contribution is 5.99. The second-order valence-corrected chi connectivity index (χ2v) is 12.7. The van der Waals surface area contributed by atoms with Crippen molar-refractivity contribution in [2.75, 3.05) is 17.2 Å². The van der Waals surface area contributed by atoms with Crippen molar-refractivity contribution in [3.63, 3.8) is 0 Å². The predicted molar refractivity (Wildman–Crippen MR) is 166 cm³/mol. The third-order valence-electron chi connectivity index (χ3n) is 7.99. The lowest BCUT2D eigenvalue weighted by Crippen LogP contribution is -2.43. The number of hydrogen-bond donors (Lipinski definition) is 4. The third kappa shape index (κ3) is 5.15. The normalized spacial score (nSPS) is 16.4. The van der Waals surface area contributed by atoms with Gasteiger partial charge < -0.3 is 16.1 Å². The number of fused-ring (bicyclic) bond motifs is 2. The predicted octanol–water partition coefficient (Wildman–Crippen LogP) is 6.16. The Hall–Kier alpha value is -4.86. The van der Waals surface area contributed by atoms with E-state index in [1.165, 1.54) is 0 Å². The minimum atomic E-state index is -0.292. The topological polar surface area (TPSA) is 125 Å². The van der Waals surface area contributed by atoms with Gasteiger partial charge in [0, 0.05) is 41.1 Å². The maximum absolute atomic E-state index is 10.1. The van der Waals surface area contributed by atoms with Crippen molar-refractivity contribution >= 4 is 33.2 Å². The monoisotopic (exact) mass is 557 g/mol. The van der Waals surface area contributed by atoms with Crippen molar-refractivity contribution in [3.8, 4) is 12.1 Å². The molecular weight excluding hydrogens is 522 g/mol. The zero-order chi connectivity index (χ0) is 29.6. The summed E-state index contributed by atoms with van der Waals surface area (Å²) in [6.07, 6.45) is 5.91. The van der Waals surface area contributed by atoms with E-state index < -0.39 is 0 Å². The van der Waals surface area contributed by atoms with Crippen LogP contribution in [-0.4, -0.2) is 27.1 Å². The highest BCUT2D eigenvalue weighted by Crippen LogP contribution is 2.42. The molecule has 1 atom stereocenters. The number of benzene rings is 2. The smallest absolute Gasteiger partial charge is 0.103 e. The summed E-state index contributed by atoms with van der Waals surface area (Å²) in [7, 11) is 0. The van der Waals surface area contributed by atoms with Crippen molar-refractivity contribution in [2.45, 2.75) is 59.0 Å². The van der Waals surface area contributed by atoms with Crippen LogP contribution in [0.4, 0.5) is 11.4 Å². The molecule has 2 aliphatic rings. The molecule has 2 aromatic carbocycles. The van der Waals surface area contributed by atoms with E-state index in [1.807, 2.05) is 37.3 Å². The summed E-state index contributed by atoms with van der Waals surface area (Å²) in [6, 6.07) is 18.4. The van der Waals surface area contributed by atoms with E-state index >= 15 is 0 Å². The van der Waals surface area contributed by atoms with Gasteiger partial charge in [0.05, 0.1) is 45.1 Å². The highest BCUT2D eigenvalue weighted by atomic mass is 15.7. The van der Waals surface area contributed by atoms with Crippen molar-refractivity contribution in [3.05, 3.63) is 82.9 Å². The molecule has 0 unspecified atom stereocenters. The number of anilines is 2. The van der Waals surface area contributed by atoms with E-state index in [2.05, 4.69) is 89.8 Å². The van der Waals surface area contributed by atoms with Gasteiger partial charge in [-0.05, 0) is 61.9 Å². The fourth-order valence-electron chi connectivity index (χ4n) is 5.31. The SMILES string of the molecule is Cc1ccc2c([C@H](Nc3cc(C#N)c4ncc(C#N)c(NCC(C)(C)C)c4c3)C3=CN(C4(C)CC4)NN3)cccc2n1. The average molecular weight is 558 g/mol. The van der Waals surface area contributed by atoms with Crippen LogP contribution in [0.2, 0.25) is 0 Å². The number of nitrogens with one attached hydrogen (secondary N) is 4. The molecule has 4 N–H and O–H groups in total. The number of rotatable bonds is 7. The number of nitriles is 2. The number of pyridine rings is 2. The molecule has 1 fully saturated rings. The summed E-state index contributed by atoms with van der Waals surface area (Å²) in [6.45, 7) is 11.3. The molecule has 1 aliphatic heterocycles.